The molecule has 0 spiro atoms. The maximum absolute atomic E-state index is 11.9. The summed E-state index contributed by atoms with van der Waals surface area (Å²) < 4.78 is 26.4. The molecule has 8 heteroatoms. The molecule has 0 bridgehead atoms. The Labute approximate surface area is 128 Å². The smallest absolute Gasteiger partial charge is 0.261 e. The zero-order valence-electron chi connectivity index (χ0n) is 11.7. The lowest BCUT2D eigenvalue weighted by Crippen LogP contribution is -2.27. The zero-order valence-corrected chi connectivity index (χ0v) is 12.5. The summed E-state index contributed by atoms with van der Waals surface area (Å²) in [7, 11) is -3.49. The first kappa shape index (κ1) is 16.1. The molecule has 0 fully saturated rings. The fourth-order valence-corrected chi connectivity index (χ4v) is 3.01. The van der Waals surface area contributed by atoms with E-state index >= 15 is 0 Å². The highest BCUT2D eigenvalue weighted by molar-refractivity contribution is 7.88. The van der Waals surface area contributed by atoms with Crippen LogP contribution in [0.1, 0.15) is 11.3 Å². The second kappa shape index (κ2) is 7.10. The summed E-state index contributed by atoms with van der Waals surface area (Å²) in [5.41, 5.74) is 1.24. The third-order valence-corrected chi connectivity index (χ3v) is 4.29. The number of sulfonamides is 1. The van der Waals surface area contributed by atoms with Gasteiger partial charge in [0.15, 0.2) is 0 Å². The van der Waals surface area contributed by atoms with Gasteiger partial charge in [-0.15, -0.1) is 0 Å². The summed E-state index contributed by atoms with van der Waals surface area (Å²) in [6.07, 6.45) is 2.15. The van der Waals surface area contributed by atoms with Gasteiger partial charge in [-0.25, -0.2) is 13.1 Å². The van der Waals surface area contributed by atoms with Gasteiger partial charge in [0.1, 0.15) is 0 Å². The van der Waals surface area contributed by atoms with Gasteiger partial charge in [-0.1, -0.05) is 18.2 Å². The maximum Gasteiger partial charge on any atom is 0.269 e. The van der Waals surface area contributed by atoms with Gasteiger partial charge in [0.25, 0.3) is 5.69 Å². The molecule has 2 rings (SSSR count). The number of nitro groups is 1. The molecule has 116 valence electrons. The van der Waals surface area contributed by atoms with Crippen LogP contribution in [0.4, 0.5) is 5.69 Å². The highest BCUT2D eigenvalue weighted by Crippen LogP contribution is 2.13. The molecule has 0 aliphatic heterocycles. The predicted molar refractivity (Wildman–Crippen MR) is 81.7 cm³/mol. The van der Waals surface area contributed by atoms with E-state index in [2.05, 4.69) is 9.71 Å². The van der Waals surface area contributed by atoms with Crippen molar-refractivity contribution in [1.82, 2.24) is 9.71 Å². The largest absolute Gasteiger partial charge is 0.269 e. The minimum absolute atomic E-state index is 0.0655. The SMILES string of the molecule is O=[N+]([O-])c1ccc(CS(=O)(=O)NCCc2ccccn2)cc1. The van der Waals surface area contributed by atoms with Crippen LogP contribution in [-0.2, 0) is 22.2 Å². The normalized spacial score (nSPS) is 11.3. The Morgan fingerprint density at radius 3 is 2.45 bits per heavy atom. The second-order valence-corrected chi connectivity index (χ2v) is 6.45. The van der Waals surface area contributed by atoms with Crippen molar-refractivity contribution in [2.75, 3.05) is 6.54 Å². The molecule has 0 amide bonds. The lowest BCUT2D eigenvalue weighted by atomic mass is 10.2. The molecule has 1 aromatic carbocycles. The Morgan fingerprint density at radius 2 is 1.86 bits per heavy atom. The number of aromatic nitrogens is 1. The van der Waals surface area contributed by atoms with E-state index in [1.165, 1.54) is 24.3 Å². The molecule has 0 aliphatic rings. The Balaban J connectivity index is 1.89. The maximum atomic E-state index is 11.9. The van der Waals surface area contributed by atoms with E-state index in [1.54, 1.807) is 12.3 Å². The monoisotopic (exact) mass is 321 g/mol. The summed E-state index contributed by atoms with van der Waals surface area (Å²) in [4.78, 5) is 14.1. The van der Waals surface area contributed by atoms with Crippen LogP contribution < -0.4 is 4.72 Å². The van der Waals surface area contributed by atoms with Crippen molar-refractivity contribution < 1.29 is 13.3 Å². The lowest BCUT2D eigenvalue weighted by molar-refractivity contribution is -0.384. The van der Waals surface area contributed by atoms with E-state index in [0.29, 0.717) is 12.0 Å². The van der Waals surface area contributed by atoms with Gasteiger partial charge in [-0.05, 0) is 17.7 Å². The van der Waals surface area contributed by atoms with E-state index < -0.39 is 14.9 Å². The molecule has 2 aromatic rings. The average molecular weight is 321 g/mol. The van der Waals surface area contributed by atoms with Crippen molar-refractivity contribution >= 4 is 15.7 Å². The van der Waals surface area contributed by atoms with Gasteiger partial charge in [0, 0.05) is 37.0 Å². The topological polar surface area (TPSA) is 102 Å². The zero-order chi connectivity index (χ0) is 16.0. The number of nitrogens with one attached hydrogen (secondary N) is 1. The summed E-state index contributed by atoms with van der Waals surface area (Å²) in [6.45, 7) is 0.256. The highest BCUT2D eigenvalue weighted by Gasteiger charge is 2.12. The van der Waals surface area contributed by atoms with Crippen LogP contribution >= 0.6 is 0 Å². The molecule has 0 saturated carbocycles. The van der Waals surface area contributed by atoms with E-state index in [-0.39, 0.29) is 18.0 Å². The average Bonchev–Trinajstić information content (AvgIpc) is 2.48. The van der Waals surface area contributed by atoms with Crippen molar-refractivity contribution in [3.05, 3.63) is 70.0 Å². The van der Waals surface area contributed by atoms with Gasteiger partial charge >= 0.3 is 0 Å². The van der Waals surface area contributed by atoms with Gasteiger partial charge in [0.2, 0.25) is 10.0 Å². The van der Waals surface area contributed by atoms with Crippen molar-refractivity contribution in [2.24, 2.45) is 0 Å². The van der Waals surface area contributed by atoms with Crippen LogP contribution in [0.5, 0.6) is 0 Å². The minimum atomic E-state index is -3.49. The lowest BCUT2D eigenvalue weighted by Gasteiger charge is -2.06. The molecule has 0 saturated heterocycles. The molecule has 0 unspecified atom stereocenters. The van der Waals surface area contributed by atoms with Gasteiger partial charge < -0.3 is 0 Å². The third kappa shape index (κ3) is 4.90. The van der Waals surface area contributed by atoms with Crippen LogP contribution in [0, 0.1) is 10.1 Å². The summed E-state index contributed by atoms with van der Waals surface area (Å²) in [6, 6.07) is 10.9. The van der Waals surface area contributed by atoms with Crippen LogP contribution in [-0.4, -0.2) is 24.9 Å². The Hall–Kier alpha value is -2.32. The van der Waals surface area contributed by atoms with E-state index in [0.717, 1.165) is 5.69 Å². The first-order valence-corrected chi connectivity index (χ1v) is 8.22. The van der Waals surface area contributed by atoms with E-state index in [9.17, 15) is 18.5 Å². The first-order chi connectivity index (χ1) is 10.5. The number of non-ortho nitro benzene ring substituents is 1. The fourth-order valence-electron chi connectivity index (χ4n) is 1.86. The third-order valence-electron chi connectivity index (χ3n) is 2.93. The fraction of sp³-hybridized carbons (Fsp3) is 0.214. The molecule has 0 radical (unpaired) electrons. The molecule has 7 nitrogen and oxygen atoms in total. The predicted octanol–water partition coefficient (Wildman–Crippen LogP) is 1.65. The quantitative estimate of drug-likeness (QED) is 0.617. The Kier molecular flexibility index (Phi) is 5.18. The summed E-state index contributed by atoms with van der Waals surface area (Å²) in [5, 5.41) is 10.5. The number of hydrogen-bond acceptors (Lipinski definition) is 5. The first-order valence-electron chi connectivity index (χ1n) is 6.57. The Morgan fingerprint density at radius 1 is 1.14 bits per heavy atom. The standard InChI is InChI=1S/C14H15N3O4S/c18-17(19)14-6-4-12(5-7-14)11-22(20,21)16-10-8-13-3-1-2-9-15-13/h1-7,9,16H,8,10-11H2. The van der Waals surface area contributed by atoms with Crippen molar-refractivity contribution in [3.8, 4) is 0 Å². The van der Waals surface area contributed by atoms with Gasteiger partial charge in [-0.3, -0.25) is 15.1 Å². The molecule has 0 aliphatic carbocycles. The number of benzene rings is 1. The highest BCUT2D eigenvalue weighted by atomic mass is 32.2. The van der Waals surface area contributed by atoms with E-state index in [4.69, 9.17) is 0 Å². The molecule has 22 heavy (non-hydrogen) atoms. The van der Waals surface area contributed by atoms with Crippen molar-refractivity contribution in [1.29, 1.82) is 0 Å². The van der Waals surface area contributed by atoms with E-state index in [1.807, 2.05) is 12.1 Å². The second-order valence-electron chi connectivity index (χ2n) is 4.65. The summed E-state index contributed by atoms with van der Waals surface area (Å²) >= 11 is 0. The van der Waals surface area contributed by atoms with Crippen LogP contribution in [0.15, 0.2) is 48.7 Å². The van der Waals surface area contributed by atoms with Crippen LogP contribution in [0.3, 0.4) is 0 Å². The molecule has 1 heterocycles. The molecule has 1 N–H and O–H groups in total. The van der Waals surface area contributed by atoms with Crippen LogP contribution in [0.25, 0.3) is 0 Å². The molecule has 0 atom stereocenters. The molecular formula is C14H15N3O4S. The van der Waals surface area contributed by atoms with Crippen LogP contribution in [0.2, 0.25) is 0 Å². The number of nitro benzene ring substituents is 1. The Bertz CT molecular complexity index is 730. The van der Waals surface area contributed by atoms with Crippen molar-refractivity contribution in [2.45, 2.75) is 12.2 Å². The molecule has 1 aromatic heterocycles. The minimum Gasteiger partial charge on any atom is -0.261 e. The summed E-state index contributed by atoms with van der Waals surface area (Å²) in [5.74, 6) is -0.215. The number of hydrogen-bond donors (Lipinski definition) is 1. The number of rotatable bonds is 7. The van der Waals surface area contributed by atoms with Gasteiger partial charge in [0.05, 0.1) is 10.7 Å². The number of pyridine rings is 1. The van der Waals surface area contributed by atoms with Gasteiger partial charge in [-0.2, -0.15) is 0 Å². The molecular weight excluding hydrogens is 306 g/mol. The number of nitrogens with zero attached hydrogens (tertiary/aromatic N) is 2. The van der Waals surface area contributed by atoms with Crippen molar-refractivity contribution in [3.63, 3.8) is 0 Å².